The van der Waals surface area contributed by atoms with Crippen molar-refractivity contribution in [3.8, 4) is 0 Å². The zero-order valence-corrected chi connectivity index (χ0v) is 12.6. The number of carbonyl (C=O) groups is 2. The van der Waals surface area contributed by atoms with E-state index in [4.69, 9.17) is 0 Å². The lowest BCUT2D eigenvalue weighted by atomic mass is 10.2. The van der Waals surface area contributed by atoms with E-state index in [0.29, 0.717) is 24.5 Å². The highest BCUT2D eigenvalue weighted by Gasteiger charge is 2.30. The summed E-state index contributed by atoms with van der Waals surface area (Å²) in [7, 11) is 0. The van der Waals surface area contributed by atoms with Crippen LogP contribution in [0.5, 0.6) is 0 Å². The average molecular weight is 324 g/mol. The van der Waals surface area contributed by atoms with Crippen molar-refractivity contribution in [1.82, 2.24) is 27.7 Å². The van der Waals surface area contributed by atoms with Crippen LogP contribution in [0.4, 0.5) is 0 Å². The first-order valence-corrected chi connectivity index (χ1v) is 7.86. The van der Waals surface area contributed by atoms with Gasteiger partial charge in [-0.2, -0.15) is 17.5 Å². The molecule has 1 N–H and O–H groups in total. The van der Waals surface area contributed by atoms with Gasteiger partial charge in [0.25, 0.3) is 11.8 Å². The minimum absolute atomic E-state index is 0.0188. The van der Waals surface area contributed by atoms with Gasteiger partial charge in [0.1, 0.15) is 0 Å². The summed E-state index contributed by atoms with van der Waals surface area (Å²) in [5.74, 6) is -0.394. The SMILES string of the molecule is O=C(NC[C@H]1CCCN1C(=O)c1cnsn1)c1cnsn1. The molecule has 1 fully saturated rings. The molecule has 1 aliphatic heterocycles. The molecule has 0 saturated carbocycles. The first-order valence-electron chi connectivity index (χ1n) is 6.40. The summed E-state index contributed by atoms with van der Waals surface area (Å²) >= 11 is 2.00. The van der Waals surface area contributed by atoms with Crippen LogP contribution in [0.3, 0.4) is 0 Å². The van der Waals surface area contributed by atoms with Crippen LogP contribution in [-0.2, 0) is 0 Å². The lowest BCUT2D eigenvalue weighted by Crippen LogP contribution is -2.43. The van der Waals surface area contributed by atoms with Gasteiger partial charge < -0.3 is 10.2 Å². The van der Waals surface area contributed by atoms with Crippen molar-refractivity contribution in [3.63, 3.8) is 0 Å². The Morgan fingerprint density at radius 1 is 1.24 bits per heavy atom. The molecule has 0 aliphatic carbocycles. The fourth-order valence-corrected chi connectivity index (χ4v) is 3.11. The van der Waals surface area contributed by atoms with Gasteiger partial charge in [-0.05, 0) is 12.8 Å². The van der Waals surface area contributed by atoms with Crippen molar-refractivity contribution < 1.29 is 9.59 Å². The van der Waals surface area contributed by atoms with E-state index in [1.54, 1.807) is 4.90 Å². The molecule has 110 valence electrons. The average Bonchev–Trinajstić information content (AvgIpc) is 3.26. The number of nitrogens with zero attached hydrogens (tertiary/aromatic N) is 5. The van der Waals surface area contributed by atoms with Gasteiger partial charge in [0.2, 0.25) is 0 Å². The minimum Gasteiger partial charge on any atom is -0.349 e. The van der Waals surface area contributed by atoms with Crippen LogP contribution in [0.2, 0.25) is 0 Å². The molecular formula is C11H12N6O2S2. The van der Waals surface area contributed by atoms with E-state index in [9.17, 15) is 9.59 Å². The lowest BCUT2D eigenvalue weighted by Gasteiger charge is -2.23. The van der Waals surface area contributed by atoms with Gasteiger partial charge in [-0.15, -0.1) is 0 Å². The van der Waals surface area contributed by atoms with Gasteiger partial charge in [-0.25, -0.2) is 0 Å². The second kappa shape index (κ2) is 6.22. The van der Waals surface area contributed by atoms with E-state index in [1.807, 2.05) is 0 Å². The molecule has 0 bridgehead atoms. The van der Waals surface area contributed by atoms with Crippen LogP contribution in [-0.4, -0.2) is 53.3 Å². The molecule has 3 heterocycles. The monoisotopic (exact) mass is 324 g/mol. The summed E-state index contributed by atoms with van der Waals surface area (Å²) in [6.07, 6.45) is 4.68. The third-order valence-corrected chi connectivity index (χ3v) is 4.27. The third-order valence-electron chi connectivity index (χ3n) is 3.31. The van der Waals surface area contributed by atoms with Crippen molar-refractivity contribution >= 4 is 35.3 Å². The van der Waals surface area contributed by atoms with Crippen LogP contribution >= 0.6 is 23.5 Å². The number of carbonyl (C=O) groups excluding carboxylic acids is 2. The molecule has 2 aromatic heterocycles. The molecule has 21 heavy (non-hydrogen) atoms. The standard InChI is InChI=1S/C11H12N6O2S2/c18-10(8-5-13-20-15-8)12-4-7-2-1-3-17(7)11(19)9-6-14-21-16-9/h5-7H,1-4H2,(H,12,18)/t7-/m1/s1. The fraction of sp³-hybridized carbons (Fsp3) is 0.455. The van der Waals surface area contributed by atoms with E-state index in [1.165, 1.54) is 12.4 Å². The second-order valence-corrected chi connectivity index (χ2v) is 5.70. The van der Waals surface area contributed by atoms with Crippen molar-refractivity contribution in [2.75, 3.05) is 13.1 Å². The highest BCUT2D eigenvalue weighted by atomic mass is 32.1. The highest BCUT2D eigenvalue weighted by molar-refractivity contribution is 6.99. The number of rotatable bonds is 4. The molecule has 8 nitrogen and oxygen atoms in total. The summed E-state index contributed by atoms with van der Waals surface area (Å²) in [6.45, 7) is 1.08. The molecule has 0 aromatic carbocycles. The number of amides is 2. The van der Waals surface area contributed by atoms with Crippen LogP contribution in [0.25, 0.3) is 0 Å². The van der Waals surface area contributed by atoms with Gasteiger partial charge in [0.15, 0.2) is 11.4 Å². The summed E-state index contributed by atoms with van der Waals surface area (Å²) in [4.78, 5) is 25.9. The number of hydrogen-bond donors (Lipinski definition) is 1. The van der Waals surface area contributed by atoms with Crippen LogP contribution in [0.1, 0.15) is 33.8 Å². The van der Waals surface area contributed by atoms with Gasteiger partial charge in [-0.3, -0.25) is 9.59 Å². The maximum Gasteiger partial charge on any atom is 0.275 e. The molecule has 2 aromatic rings. The summed E-state index contributed by atoms with van der Waals surface area (Å²) in [6, 6.07) is -0.0188. The Morgan fingerprint density at radius 3 is 2.62 bits per heavy atom. The Hall–Kier alpha value is -1.94. The predicted molar refractivity (Wildman–Crippen MR) is 76.2 cm³/mol. The van der Waals surface area contributed by atoms with Gasteiger partial charge in [0, 0.05) is 19.1 Å². The summed E-state index contributed by atoms with van der Waals surface area (Å²) < 4.78 is 15.5. The molecule has 0 spiro atoms. The number of aromatic nitrogens is 4. The summed E-state index contributed by atoms with van der Waals surface area (Å²) in [5, 5.41) is 2.80. The van der Waals surface area contributed by atoms with E-state index in [-0.39, 0.29) is 17.9 Å². The first kappa shape index (κ1) is 14.0. The second-order valence-electron chi connectivity index (χ2n) is 4.59. The molecule has 10 heteroatoms. The zero-order valence-electron chi connectivity index (χ0n) is 10.9. The number of hydrogen-bond acceptors (Lipinski definition) is 8. The molecule has 3 rings (SSSR count). The smallest absolute Gasteiger partial charge is 0.275 e. The van der Waals surface area contributed by atoms with Crippen LogP contribution in [0.15, 0.2) is 12.4 Å². The Morgan fingerprint density at radius 2 is 1.95 bits per heavy atom. The topological polar surface area (TPSA) is 101 Å². The van der Waals surface area contributed by atoms with E-state index in [0.717, 1.165) is 36.3 Å². The van der Waals surface area contributed by atoms with Crippen molar-refractivity contribution in [1.29, 1.82) is 0 Å². The number of nitrogens with one attached hydrogen (secondary N) is 1. The van der Waals surface area contributed by atoms with Crippen molar-refractivity contribution in [2.24, 2.45) is 0 Å². The highest BCUT2D eigenvalue weighted by Crippen LogP contribution is 2.19. The zero-order chi connectivity index (χ0) is 14.7. The van der Waals surface area contributed by atoms with Gasteiger partial charge in [0.05, 0.1) is 35.9 Å². The van der Waals surface area contributed by atoms with E-state index in [2.05, 4.69) is 22.8 Å². The number of likely N-dealkylation sites (tertiary alicyclic amines) is 1. The molecule has 0 radical (unpaired) electrons. The third kappa shape index (κ3) is 3.05. The van der Waals surface area contributed by atoms with Gasteiger partial charge in [-0.1, -0.05) is 0 Å². The molecule has 0 unspecified atom stereocenters. The Bertz CT molecular complexity index is 615. The Balaban J connectivity index is 1.60. The Labute approximate surface area is 128 Å². The Kier molecular flexibility index (Phi) is 4.15. The quantitative estimate of drug-likeness (QED) is 0.875. The van der Waals surface area contributed by atoms with E-state index >= 15 is 0 Å². The molecular weight excluding hydrogens is 312 g/mol. The molecule has 2 amide bonds. The molecule has 1 atom stereocenters. The maximum atomic E-state index is 12.3. The van der Waals surface area contributed by atoms with Gasteiger partial charge >= 0.3 is 0 Å². The minimum atomic E-state index is -0.265. The maximum absolute atomic E-state index is 12.3. The van der Waals surface area contributed by atoms with Crippen molar-refractivity contribution in [3.05, 3.63) is 23.8 Å². The van der Waals surface area contributed by atoms with Crippen LogP contribution in [0, 0.1) is 0 Å². The molecule has 1 saturated heterocycles. The lowest BCUT2D eigenvalue weighted by molar-refractivity contribution is 0.0720. The normalized spacial score (nSPS) is 17.9. The first-order chi connectivity index (χ1) is 10.3. The molecule has 1 aliphatic rings. The fourth-order valence-electron chi connectivity index (χ4n) is 2.29. The van der Waals surface area contributed by atoms with Crippen molar-refractivity contribution in [2.45, 2.75) is 18.9 Å². The largest absolute Gasteiger partial charge is 0.349 e. The predicted octanol–water partition coefficient (Wildman–Crippen LogP) is 0.424. The van der Waals surface area contributed by atoms with E-state index < -0.39 is 0 Å². The van der Waals surface area contributed by atoms with Crippen LogP contribution < -0.4 is 5.32 Å². The summed E-state index contributed by atoms with van der Waals surface area (Å²) in [5.41, 5.74) is 0.668.